The molecule has 11 heteroatoms. The van der Waals surface area contributed by atoms with Crippen LogP contribution in [0.2, 0.25) is 0 Å². The summed E-state index contributed by atoms with van der Waals surface area (Å²) in [6.45, 7) is 3.86. The Balaban J connectivity index is 2.40. The van der Waals surface area contributed by atoms with Crippen LogP contribution in [0.5, 0.6) is 0 Å². The number of aromatic nitrogens is 4. The summed E-state index contributed by atoms with van der Waals surface area (Å²) < 4.78 is 1.53. The van der Waals surface area contributed by atoms with Gasteiger partial charge in [-0.1, -0.05) is 13.8 Å². The van der Waals surface area contributed by atoms with Gasteiger partial charge in [0.2, 0.25) is 11.9 Å². The Morgan fingerprint density at radius 3 is 2.54 bits per heavy atom. The summed E-state index contributed by atoms with van der Waals surface area (Å²) in [6, 6.07) is -0.733. The number of amides is 2. The third kappa shape index (κ3) is 4.59. The topological polar surface area (TPSA) is 174 Å². The van der Waals surface area contributed by atoms with Crippen molar-refractivity contribution < 1.29 is 9.59 Å². The molecule has 1 atom stereocenters. The van der Waals surface area contributed by atoms with Gasteiger partial charge in [0.25, 0.3) is 11.5 Å². The van der Waals surface area contributed by atoms with Crippen LogP contribution in [0, 0.1) is 5.92 Å². The molecule has 11 nitrogen and oxygen atoms in total. The van der Waals surface area contributed by atoms with Crippen LogP contribution in [0.3, 0.4) is 0 Å². The number of H-pyrrole nitrogens is 1. The van der Waals surface area contributed by atoms with E-state index in [1.54, 1.807) is 13.2 Å². The fraction of sp³-hybridized carbons (Fsp3) is 0.400. The van der Waals surface area contributed by atoms with Crippen LogP contribution in [-0.2, 0) is 11.8 Å². The molecule has 2 amide bonds. The summed E-state index contributed by atoms with van der Waals surface area (Å²) in [7, 11) is 1.71. The van der Waals surface area contributed by atoms with Crippen molar-refractivity contribution in [1.29, 1.82) is 0 Å². The van der Waals surface area contributed by atoms with Crippen molar-refractivity contribution in [2.24, 2.45) is 24.4 Å². The second kappa shape index (κ2) is 7.68. The number of aryl methyl sites for hydroxylation is 1. The highest BCUT2D eigenvalue weighted by atomic mass is 16.2. The van der Waals surface area contributed by atoms with Gasteiger partial charge in [0.05, 0.1) is 11.9 Å². The van der Waals surface area contributed by atoms with Gasteiger partial charge < -0.3 is 22.1 Å². The minimum absolute atomic E-state index is 0.00385. The van der Waals surface area contributed by atoms with Gasteiger partial charge in [-0.3, -0.25) is 24.0 Å². The molecular weight excluding hydrogens is 340 g/mol. The lowest BCUT2D eigenvalue weighted by molar-refractivity contribution is -0.119. The predicted molar refractivity (Wildman–Crippen MR) is 95.9 cm³/mol. The van der Waals surface area contributed by atoms with E-state index in [2.05, 4.69) is 25.7 Å². The van der Waals surface area contributed by atoms with Crippen molar-refractivity contribution in [3.8, 4) is 0 Å². The molecule has 0 bridgehead atoms. The zero-order valence-corrected chi connectivity index (χ0v) is 14.7. The molecule has 2 rings (SSSR count). The number of primary amides is 2. The highest BCUT2D eigenvalue weighted by Crippen LogP contribution is 2.17. The first-order valence-corrected chi connectivity index (χ1v) is 7.93. The molecule has 140 valence electrons. The van der Waals surface area contributed by atoms with Crippen LogP contribution in [0.15, 0.2) is 17.2 Å². The van der Waals surface area contributed by atoms with Gasteiger partial charge in [-0.2, -0.15) is 10.1 Å². The minimum Gasteiger partial charge on any atom is -0.368 e. The average molecular weight is 362 g/mol. The molecule has 0 radical (unpaired) electrons. The van der Waals surface area contributed by atoms with Gasteiger partial charge in [-0.25, -0.2) is 0 Å². The molecule has 26 heavy (non-hydrogen) atoms. The van der Waals surface area contributed by atoms with E-state index < -0.39 is 23.4 Å². The van der Waals surface area contributed by atoms with E-state index >= 15 is 0 Å². The molecule has 0 saturated carbocycles. The lowest BCUT2D eigenvalue weighted by atomic mass is 10.0. The molecule has 0 spiro atoms. The molecule has 2 aromatic rings. The number of anilines is 3. The number of carbonyl (C=O) groups excluding carboxylic acids is 2. The average Bonchev–Trinajstić information content (AvgIpc) is 2.90. The third-order valence-electron chi connectivity index (χ3n) is 3.49. The van der Waals surface area contributed by atoms with Crippen LogP contribution in [-0.4, -0.2) is 37.6 Å². The largest absolute Gasteiger partial charge is 0.368 e. The van der Waals surface area contributed by atoms with E-state index in [4.69, 9.17) is 11.5 Å². The van der Waals surface area contributed by atoms with Crippen molar-refractivity contribution in [2.75, 3.05) is 10.6 Å². The summed E-state index contributed by atoms with van der Waals surface area (Å²) in [5.41, 5.74) is 10.1. The Bertz CT molecular complexity index is 870. The molecule has 0 saturated heterocycles. The fourth-order valence-corrected chi connectivity index (χ4v) is 2.37. The van der Waals surface area contributed by atoms with Gasteiger partial charge >= 0.3 is 0 Å². The van der Waals surface area contributed by atoms with Crippen LogP contribution in [0.1, 0.15) is 30.6 Å². The Morgan fingerprint density at radius 2 is 2.04 bits per heavy atom. The number of rotatable bonds is 8. The van der Waals surface area contributed by atoms with Crippen LogP contribution >= 0.6 is 0 Å². The lowest BCUT2D eigenvalue weighted by Crippen LogP contribution is -2.38. The van der Waals surface area contributed by atoms with E-state index in [-0.39, 0.29) is 23.2 Å². The summed E-state index contributed by atoms with van der Waals surface area (Å²) in [6.07, 6.45) is 3.57. The van der Waals surface area contributed by atoms with Crippen molar-refractivity contribution in [2.45, 2.75) is 26.3 Å². The molecule has 2 heterocycles. The number of carbonyl (C=O) groups is 2. The SMILES string of the molecule is CC(C)CC(Nc1nc(Nc2cnn(C)c2)c(C(N)=O)c(=O)[nH]1)C(N)=O. The first-order chi connectivity index (χ1) is 12.2. The van der Waals surface area contributed by atoms with Gasteiger partial charge in [-0.15, -0.1) is 0 Å². The summed E-state index contributed by atoms with van der Waals surface area (Å²) >= 11 is 0. The maximum Gasteiger partial charge on any atom is 0.267 e. The van der Waals surface area contributed by atoms with Crippen molar-refractivity contribution in [3.63, 3.8) is 0 Å². The van der Waals surface area contributed by atoms with Gasteiger partial charge in [-0.05, 0) is 12.3 Å². The molecule has 1 unspecified atom stereocenters. The zero-order chi connectivity index (χ0) is 19.4. The van der Waals surface area contributed by atoms with Gasteiger partial charge in [0.15, 0.2) is 5.82 Å². The first-order valence-electron chi connectivity index (χ1n) is 7.93. The van der Waals surface area contributed by atoms with Crippen LogP contribution in [0.25, 0.3) is 0 Å². The molecular formula is C15H22N8O3. The van der Waals surface area contributed by atoms with E-state index in [0.717, 1.165) is 0 Å². The number of hydrogen-bond acceptors (Lipinski definition) is 7. The first kappa shape index (κ1) is 19.0. The minimum atomic E-state index is -0.940. The molecule has 2 aromatic heterocycles. The molecule has 0 aliphatic rings. The summed E-state index contributed by atoms with van der Waals surface area (Å²) in [5.74, 6) is -1.39. The smallest absolute Gasteiger partial charge is 0.267 e. The lowest BCUT2D eigenvalue weighted by Gasteiger charge is -2.18. The molecule has 7 N–H and O–H groups in total. The van der Waals surface area contributed by atoms with E-state index in [0.29, 0.717) is 12.1 Å². The van der Waals surface area contributed by atoms with Crippen LogP contribution < -0.4 is 27.7 Å². The standard InChI is InChI=1S/C15H22N8O3/c1-7(2)4-9(11(16)24)20-15-21-13(10(12(17)25)14(26)22-15)19-8-5-18-23(3)6-8/h5-7,9H,4H2,1-3H3,(H2,16,24)(H2,17,25)(H3,19,20,21,22,26). The second-order valence-electron chi connectivity index (χ2n) is 6.26. The zero-order valence-electron chi connectivity index (χ0n) is 14.7. The maximum absolute atomic E-state index is 12.3. The number of nitrogens with zero attached hydrogens (tertiary/aromatic N) is 3. The Morgan fingerprint density at radius 1 is 1.35 bits per heavy atom. The van der Waals surface area contributed by atoms with Crippen molar-refractivity contribution in [1.82, 2.24) is 19.7 Å². The number of hydrogen-bond donors (Lipinski definition) is 5. The Labute approximate surface area is 149 Å². The Hall–Kier alpha value is -3.37. The van der Waals surface area contributed by atoms with Gasteiger partial charge in [0.1, 0.15) is 11.6 Å². The number of aromatic amines is 1. The van der Waals surface area contributed by atoms with Crippen molar-refractivity contribution in [3.05, 3.63) is 28.3 Å². The maximum atomic E-state index is 12.3. The number of nitrogens with one attached hydrogen (secondary N) is 3. The third-order valence-corrected chi connectivity index (χ3v) is 3.49. The predicted octanol–water partition coefficient (Wildman–Crippen LogP) is -0.342. The molecule has 0 fully saturated rings. The van der Waals surface area contributed by atoms with E-state index in [1.165, 1.54) is 10.9 Å². The molecule has 0 aromatic carbocycles. The monoisotopic (exact) mass is 362 g/mol. The van der Waals surface area contributed by atoms with Crippen LogP contribution in [0.4, 0.5) is 17.5 Å². The quantitative estimate of drug-likeness (QED) is 0.427. The Kier molecular flexibility index (Phi) is 5.60. The number of nitrogens with two attached hydrogens (primary N) is 2. The second-order valence-corrected chi connectivity index (χ2v) is 6.26. The summed E-state index contributed by atoms with van der Waals surface area (Å²) in [4.78, 5) is 42.1. The highest BCUT2D eigenvalue weighted by Gasteiger charge is 2.21. The highest BCUT2D eigenvalue weighted by molar-refractivity contribution is 5.98. The molecule has 0 aliphatic carbocycles. The fourth-order valence-electron chi connectivity index (χ4n) is 2.37. The molecule has 0 aliphatic heterocycles. The normalized spacial score (nSPS) is 12.0. The van der Waals surface area contributed by atoms with Gasteiger partial charge in [0, 0.05) is 13.2 Å². The van der Waals surface area contributed by atoms with E-state index in [1.807, 2.05) is 13.8 Å². The van der Waals surface area contributed by atoms with Crippen molar-refractivity contribution >= 4 is 29.3 Å². The van der Waals surface area contributed by atoms with E-state index in [9.17, 15) is 14.4 Å². The summed E-state index contributed by atoms with van der Waals surface area (Å²) in [5, 5.41) is 9.61.